The number of hydrogen-bond donors (Lipinski definition) is 1. The van der Waals surface area contributed by atoms with Crippen LogP contribution >= 0.6 is 11.3 Å². The van der Waals surface area contributed by atoms with Gasteiger partial charge in [0.25, 0.3) is 5.91 Å². The third-order valence-corrected chi connectivity index (χ3v) is 4.52. The van der Waals surface area contributed by atoms with Crippen molar-refractivity contribution in [2.45, 2.75) is 6.92 Å². The van der Waals surface area contributed by atoms with E-state index < -0.39 is 0 Å². The van der Waals surface area contributed by atoms with Gasteiger partial charge in [-0.15, -0.1) is 11.3 Å². The molecule has 1 saturated heterocycles. The average Bonchev–Trinajstić information content (AvgIpc) is 3.05. The van der Waals surface area contributed by atoms with E-state index in [1.807, 2.05) is 11.4 Å². The molecular weight excluding hydrogens is 302 g/mol. The van der Waals surface area contributed by atoms with Crippen LogP contribution in [0.5, 0.6) is 0 Å². The Morgan fingerprint density at radius 2 is 2.14 bits per heavy atom. The normalized spacial score (nSPS) is 15.5. The number of hydrogen-bond acceptors (Lipinski definition) is 5. The maximum Gasteiger partial charge on any atom is 0.261 e. The van der Waals surface area contributed by atoms with Gasteiger partial charge in [0.1, 0.15) is 0 Å². The van der Waals surface area contributed by atoms with E-state index in [2.05, 4.69) is 10.2 Å². The van der Waals surface area contributed by atoms with Crippen LogP contribution in [-0.2, 0) is 9.53 Å². The summed E-state index contributed by atoms with van der Waals surface area (Å²) in [7, 11) is 0. The van der Waals surface area contributed by atoms with Crippen molar-refractivity contribution in [3.8, 4) is 0 Å². The third kappa shape index (κ3) is 5.40. The first-order chi connectivity index (χ1) is 10.7. The second-order valence-corrected chi connectivity index (χ2v) is 6.14. The lowest BCUT2D eigenvalue weighted by atomic mass is 10.3. The largest absolute Gasteiger partial charge is 0.379 e. The number of thiophene rings is 1. The van der Waals surface area contributed by atoms with Crippen molar-refractivity contribution in [2.75, 3.05) is 52.5 Å². The number of nitrogens with one attached hydrogen (secondary N) is 1. The molecule has 7 heteroatoms. The van der Waals surface area contributed by atoms with Gasteiger partial charge in [0.2, 0.25) is 5.91 Å². The number of morpholine rings is 1. The Morgan fingerprint density at radius 3 is 2.77 bits per heavy atom. The molecule has 122 valence electrons. The zero-order valence-electron chi connectivity index (χ0n) is 12.9. The second-order valence-electron chi connectivity index (χ2n) is 5.19. The lowest BCUT2D eigenvalue weighted by Crippen LogP contribution is -2.44. The lowest BCUT2D eigenvalue weighted by Gasteiger charge is -2.29. The van der Waals surface area contributed by atoms with E-state index in [0.29, 0.717) is 24.5 Å². The monoisotopic (exact) mass is 325 g/mol. The minimum absolute atomic E-state index is 0.0404. The quantitative estimate of drug-likeness (QED) is 0.800. The summed E-state index contributed by atoms with van der Waals surface area (Å²) in [6.45, 7) is 7.47. The smallest absolute Gasteiger partial charge is 0.261 e. The molecule has 0 aromatic carbocycles. The molecule has 22 heavy (non-hydrogen) atoms. The van der Waals surface area contributed by atoms with E-state index in [-0.39, 0.29) is 11.8 Å². The highest BCUT2D eigenvalue weighted by molar-refractivity contribution is 7.12. The molecule has 1 aliphatic rings. The Bertz CT molecular complexity index is 472. The molecule has 0 unspecified atom stereocenters. The molecule has 1 aliphatic heterocycles. The van der Waals surface area contributed by atoms with Crippen molar-refractivity contribution in [3.05, 3.63) is 22.4 Å². The van der Waals surface area contributed by atoms with Gasteiger partial charge in [0.05, 0.1) is 18.1 Å². The highest BCUT2D eigenvalue weighted by Crippen LogP contribution is 2.07. The van der Waals surface area contributed by atoms with Crippen molar-refractivity contribution in [1.29, 1.82) is 0 Å². The molecule has 1 aromatic heterocycles. The van der Waals surface area contributed by atoms with Gasteiger partial charge in [-0.05, 0) is 11.4 Å². The maximum absolute atomic E-state index is 11.8. The number of ether oxygens (including phenoxy) is 1. The maximum atomic E-state index is 11.8. The molecule has 6 nitrogen and oxygen atoms in total. The summed E-state index contributed by atoms with van der Waals surface area (Å²) in [6.07, 6.45) is 0. The van der Waals surface area contributed by atoms with Gasteiger partial charge in [-0.1, -0.05) is 6.07 Å². The summed E-state index contributed by atoms with van der Waals surface area (Å²) < 4.78 is 5.31. The predicted molar refractivity (Wildman–Crippen MR) is 86.2 cm³/mol. The second kappa shape index (κ2) is 8.87. The molecule has 0 radical (unpaired) electrons. The van der Waals surface area contributed by atoms with Crippen molar-refractivity contribution in [1.82, 2.24) is 15.1 Å². The van der Waals surface area contributed by atoms with E-state index in [1.54, 1.807) is 17.9 Å². The van der Waals surface area contributed by atoms with E-state index >= 15 is 0 Å². The van der Waals surface area contributed by atoms with E-state index in [4.69, 9.17) is 4.74 Å². The van der Waals surface area contributed by atoms with E-state index in [9.17, 15) is 9.59 Å². The Morgan fingerprint density at radius 1 is 1.36 bits per heavy atom. The summed E-state index contributed by atoms with van der Waals surface area (Å²) in [6, 6.07) is 3.64. The topological polar surface area (TPSA) is 61.9 Å². The minimum atomic E-state index is -0.0771. The third-order valence-electron chi connectivity index (χ3n) is 3.65. The van der Waals surface area contributed by atoms with Crippen LogP contribution in [0, 0.1) is 0 Å². The highest BCUT2D eigenvalue weighted by Gasteiger charge is 2.14. The zero-order valence-corrected chi connectivity index (χ0v) is 13.7. The van der Waals surface area contributed by atoms with Crippen molar-refractivity contribution in [2.24, 2.45) is 0 Å². The Labute approximate surface area is 135 Å². The molecular formula is C15H23N3O3S. The molecule has 1 aromatic rings. The predicted octanol–water partition coefficient (Wildman–Crippen LogP) is 0.659. The lowest BCUT2D eigenvalue weighted by molar-refractivity contribution is -0.129. The first-order valence-electron chi connectivity index (χ1n) is 7.54. The minimum Gasteiger partial charge on any atom is -0.379 e. The standard InChI is InChI=1S/C15H23N3O3S/c1-13(19)18(7-6-17-8-10-21-11-9-17)5-4-16-15(20)14-3-2-12-22-14/h2-3,12H,4-11H2,1H3,(H,16,20). The number of carbonyl (C=O) groups is 2. The molecule has 0 bridgehead atoms. The number of rotatable bonds is 7. The first kappa shape index (κ1) is 16.9. The van der Waals surface area contributed by atoms with E-state index in [1.165, 1.54) is 11.3 Å². The van der Waals surface area contributed by atoms with Gasteiger partial charge in [0.15, 0.2) is 0 Å². The van der Waals surface area contributed by atoms with Crippen LogP contribution in [0.4, 0.5) is 0 Å². The Balaban J connectivity index is 1.69. The Hall–Kier alpha value is -1.44. The fraction of sp³-hybridized carbons (Fsp3) is 0.600. The fourth-order valence-electron chi connectivity index (χ4n) is 2.31. The summed E-state index contributed by atoms with van der Waals surface area (Å²) in [5.74, 6) is -0.0367. The zero-order chi connectivity index (χ0) is 15.8. The fourth-order valence-corrected chi connectivity index (χ4v) is 2.95. The number of amides is 2. The molecule has 2 heterocycles. The van der Waals surface area contributed by atoms with Gasteiger partial charge in [-0.25, -0.2) is 0 Å². The molecule has 1 N–H and O–H groups in total. The molecule has 1 fully saturated rings. The summed E-state index contributed by atoms with van der Waals surface area (Å²) >= 11 is 1.41. The van der Waals surface area contributed by atoms with Crippen LogP contribution in [0.25, 0.3) is 0 Å². The van der Waals surface area contributed by atoms with Crippen LogP contribution in [0.3, 0.4) is 0 Å². The molecule has 0 aliphatic carbocycles. The molecule has 0 saturated carbocycles. The molecule has 2 amide bonds. The average molecular weight is 325 g/mol. The molecule has 2 rings (SSSR count). The van der Waals surface area contributed by atoms with Crippen LogP contribution in [-0.4, -0.2) is 74.1 Å². The van der Waals surface area contributed by atoms with Gasteiger partial charge in [-0.3, -0.25) is 14.5 Å². The first-order valence-corrected chi connectivity index (χ1v) is 8.42. The van der Waals surface area contributed by atoms with Crippen LogP contribution in [0.2, 0.25) is 0 Å². The van der Waals surface area contributed by atoms with E-state index in [0.717, 1.165) is 32.8 Å². The van der Waals surface area contributed by atoms with Crippen molar-refractivity contribution in [3.63, 3.8) is 0 Å². The van der Waals surface area contributed by atoms with Gasteiger partial charge in [0, 0.05) is 46.2 Å². The Kier molecular flexibility index (Phi) is 6.82. The summed E-state index contributed by atoms with van der Waals surface area (Å²) in [5, 5.41) is 4.73. The van der Waals surface area contributed by atoms with Gasteiger partial charge < -0.3 is 15.0 Å². The molecule has 0 atom stereocenters. The highest BCUT2D eigenvalue weighted by atomic mass is 32.1. The summed E-state index contributed by atoms with van der Waals surface area (Å²) in [4.78, 5) is 28.3. The van der Waals surface area contributed by atoms with Gasteiger partial charge >= 0.3 is 0 Å². The summed E-state index contributed by atoms with van der Waals surface area (Å²) in [5.41, 5.74) is 0. The van der Waals surface area contributed by atoms with Gasteiger partial charge in [-0.2, -0.15) is 0 Å². The van der Waals surface area contributed by atoms with Crippen LogP contribution in [0.15, 0.2) is 17.5 Å². The van der Waals surface area contributed by atoms with Crippen LogP contribution < -0.4 is 5.32 Å². The number of carbonyl (C=O) groups excluding carboxylic acids is 2. The number of nitrogens with zero attached hydrogens (tertiary/aromatic N) is 2. The van der Waals surface area contributed by atoms with Crippen molar-refractivity contribution < 1.29 is 14.3 Å². The van der Waals surface area contributed by atoms with Crippen molar-refractivity contribution >= 4 is 23.2 Å². The van der Waals surface area contributed by atoms with Crippen LogP contribution in [0.1, 0.15) is 16.6 Å². The SMILES string of the molecule is CC(=O)N(CCNC(=O)c1cccs1)CCN1CCOCC1. The molecule has 0 spiro atoms.